The lowest BCUT2D eigenvalue weighted by Crippen LogP contribution is -1.89. The van der Waals surface area contributed by atoms with E-state index in [0.29, 0.717) is 0 Å². The van der Waals surface area contributed by atoms with Crippen LogP contribution in [0.15, 0.2) is 30.3 Å². The molecule has 2 aromatic carbocycles. The first-order valence-corrected chi connectivity index (χ1v) is 4.16. The Hall–Kier alpha value is -1.70. The molecule has 0 aliphatic carbocycles. The van der Waals surface area contributed by atoms with Gasteiger partial charge in [0, 0.05) is 5.69 Å². The molecule has 2 aromatic rings. The molecule has 13 heavy (non-hydrogen) atoms. The summed E-state index contributed by atoms with van der Waals surface area (Å²) in [6, 6.07) is 9.07. The SMILES string of the molecule is Cc1c(N)ccc2cc(O)ccc12. The quantitative estimate of drug-likeness (QED) is 0.601. The average molecular weight is 173 g/mol. The van der Waals surface area contributed by atoms with Crippen LogP contribution in [0.4, 0.5) is 5.69 Å². The highest BCUT2D eigenvalue weighted by Crippen LogP contribution is 2.26. The summed E-state index contributed by atoms with van der Waals surface area (Å²) in [7, 11) is 0. The van der Waals surface area contributed by atoms with Crippen molar-refractivity contribution in [3.63, 3.8) is 0 Å². The number of phenols is 1. The van der Waals surface area contributed by atoms with Gasteiger partial charge >= 0.3 is 0 Å². The van der Waals surface area contributed by atoms with Gasteiger partial charge in [0.05, 0.1) is 0 Å². The van der Waals surface area contributed by atoms with E-state index in [0.717, 1.165) is 22.0 Å². The Kier molecular flexibility index (Phi) is 1.62. The van der Waals surface area contributed by atoms with Gasteiger partial charge in [0.2, 0.25) is 0 Å². The molecule has 0 unspecified atom stereocenters. The van der Waals surface area contributed by atoms with Crippen molar-refractivity contribution in [1.29, 1.82) is 0 Å². The molecule has 0 atom stereocenters. The maximum absolute atomic E-state index is 9.26. The Labute approximate surface area is 76.6 Å². The van der Waals surface area contributed by atoms with Crippen molar-refractivity contribution in [2.45, 2.75) is 6.92 Å². The van der Waals surface area contributed by atoms with E-state index in [1.165, 1.54) is 0 Å². The van der Waals surface area contributed by atoms with Crippen molar-refractivity contribution in [2.24, 2.45) is 0 Å². The van der Waals surface area contributed by atoms with Crippen molar-refractivity contribution >= 4 is 16.5 Å². The largest absolute Gasteiger partial charge is 0.508 e. The first-order valence-electron chi connectivity index (χ1n) is 4.16. The molecular weight excluding hydrogens is 162 g/mol. The van der Waals surface area contributed by atoms with E-state index in [4.69, 9.17) is 5.73 Å². The fraction of sp³-hybridized carbons (Fsp3) is 0.0909. The van der Waals surface area contributed by atoms with Gasteiger partial charge in [-0.1, -0.05) is 12.1 Å². The van der Waals surface area contributed by atoms with Gasteiger partial charge in [-0.2, -0.15) is 0 Å². The lowest BCUT2D eigenvalue weighted by atomic mass is 10.0. The van der Waals surface area contributed by atoms with Crippen LogP contribution in [0.1, 0.15) is 5.56 Å². The van der Waals surface area contributed by atoms with E-state index in [-0.39, 0.29) is 5.75 Å². The summed E-state index contributed by atoms with van der Waals surface area (Å²) >= 11 is 0. The second-order valence-electron chi connectivity index (χ2n) is 3.19. The zero-order chi connectivity index (χ0) is 9.42. The summed E-state index contributed by atoms with van der Waals surface area (Å²) in [4.78, 5) is 0. The number of hydrogen-bond acceptors (Lipinski definition) is 2. The number of benzene rings is 2. The fourth-order valence-corrected chi connectivity index (χ4v) is 1.49. The van der Waals surface area contributed by atoms with Crippen LogP contribution in [0.2, 0.25) is 0 Å². The Bertz CT molecular complexity index is 463. The summed E-state index contributed by atoms with van der Waals surface area (Å²) in [5, 5.41) is 11.4. The zero-order valence-corrected chi connectivity index (χ0v) is 7.41. The molecular formula is C11H11NO. The van der Waals surface area contributed by atoms with Crippen molar-refractivity contribution in [2.75, 3.05) is 5.73 Å². The van der Waals surface area contributed by atoms with Gasteiger partial charge in [-0.3, -0.25) is 0 Å². The van der Waals surface area contributed by atoms with Crippen LogP contribution in [0.25, 0.3) is 10.8 Å². The van der Waals surface area contributed by atoms with Crippen LogP contribution in [-0.4, -0.2) is 5.11 Å². The molecule has 66 valence electrons. The number of phenolic OH excluding ortho intramolecular Hbond substituents is 1. The van der Waals surface area contributed by atoms with Crippen LogP contribution in [0.3, 0.4) is 0 Å². The number of nitrogen functional groups attached to an aromatic ring is 1. The molecule has 0 radical (unpaired) electrons. The molecule has 0 saturated carbocycles. The highest BCUT2D eigenvalue weighted by Gasteiger charge is 2.00. The van der Waals surface area contributed by atoms with E-state index in [1.54, 1.807) is 12.1 Å². The first-order chi connectivity index (χ1) is 6.18. The Balaban J connectivity index is 2.87. The van der Waals surface area contributed by atoms with Crippen LogP contribution in [-0.2, 0) is 0 Å². The maximum atomic E-state index is 9.26. The molecule has 0 heterocycles. The minimum Gasteiger partial charge on any atom is -0.508 e. The Morgan fingerprint density at radius 1 is 1.15 bits per heavy atom. The highest BCUT2D eigenvalue weighted by atomic mass is 16.3. The Morgan fingerprint density at radius 3 is 2.69 bits per heavy atom. The third-order valence-electron chi connectivity index (χ3n) is 2.31. The summed E-state index contributed by atoms with van der Waals surface area (Å²) in [6.45, 7) is 1.98. The lowest BCUT2D eigenvalue weighted by molar-refractivity contribution is 0.476. The number of hydrogen-bond donors (Lipinski definition) is 2. The number of aryl methyl sites for hydroxylation is 1. The predicted octanol–water partition coefficient (Wildman–Crippen LogP) is 2.44. The highest BCUT2D eigenvalue weighted by molar-refractivity contribution is 5.90. The van der Waals surface area contributed by atoms with Crippen molar-refractivity contribution in [1.82, 2.24) is 0 Å². The number of nitrogens with two attached hydrogens (primary N) is 1. The number of aromatic hydroxyl groups is 1. The summed E-state index contributed by atoms with van der Waals surface area (Å²) in [6.07, 6.45) is 0. The number of anilines is 1. The van der Waals surface area contributed by atoms with Gasteiger partial charge in [-0.05, 0) is 41.5 Å². The van der Waals surface area contributed by atoms with Gasteiger partial charge in [-0.25, -0.2) is 0 Å². The predicted molar refractivity (Wildman–Crippen MR) is 54.8 cm³/mol. The summed E-state index contributed by atoms with van der Waals surface area (Å²) in [5.41, 5.74) is 7.62. The third kappa shape index (κ3) is 1.20. The molecule has 0 aliphatic heterocycles. The second-order valence-corrected chi connectivity index (χ2v) is 3.19. The first kappa shape index (κ1) is 7.92. The molecule has 0 aromatic heterocycles. The zero-order valence-electron chi connectivity index (χ0n) is 7.41. The molecule has 2 nitrogen and oxygen atoms in total. The van der Waals surface area contributed by atoms with E-state index in [1.807, 2.05) is 25.1 Å². The normalized spacial score (nSPS) is 10.5. The van der Waals surface area contributed by atoms with E-state index in [2.05, 4.69) is 0 Å². The van der Waals surface area contributed by atoms with Gasteiger partial charge in [0.25, 0.3) is 0 Å². The molecule has 0 aliphatic rings. The lowest BCUT2D eigenvalue weighted by Gasteiger charge is -2.05. The number of rotatable bonds is 0. The van der Waals surface area contributed by atoms with Gasteiger partial charge in [0.15, 0.2) is 0 Å². The summed E-state index contributed by atoms with van der Waals surface area (Å²) < 4.78 is 0. The van der Waals surface area contributed by atoms with Crippen molar-refractivity contribution < 1.29 is 5.11 Å². The standard InChI is InChI=1S/C11H11NO/c1-7-10-4-3-9(13)6-8(10)2-5-11(7)12/h2-6,13H,12H2,1H3. The molecule has 2 rings (SSSR count). The van der Waals surface area contributed by atoms with Crippen LogP contribution in [0.5, 0.6) is 5.75 Å². The van der Waals surface area contributed by atoms with E-state index < -0.39 is 0 Å². The molecule has 2 heteroatoms. The summed E-state index contributed by atoms with van der Waals surface area (Å²) in [5.74, 6) is 0.289. The third-order valence-corrected chi connectivity index (χ3v) is 2.31. The molecule has 0 fully saturated rings. The molecule has 3 N–H and O–H groups in total. The molecule has 0 saturated heterocycles. The fourth-order valence-electron chi connectivity index (χ4n) is 1.49. The van der Waals surface area contributed by atoms with Crippen LogP contribution >= 0.6 is 0 Å². The van der Waals surface area contributed by atoms with Crippen molar-refractivity contribution in [3.05, 3.63) is 35.9 Å². The minimum atomic E-state index is 0.289. The average Bonchev–Trinajstić information content (AvgIpc) is 2.12. The van der Waals surface area contributed by atoms with Gasteiger partial charge in [-0.15, -0.1) is 0 Å². The Morgan fingerprint density at radius 2 is 1.92 bits per heavy atom. The smallest absolute Gasteiger partial charge is 0.116 e. The number of fused-ring (bicyclic) bond motifs is 1. The molecule has 0 bridgehead atoms. The van der Waals surface area contributed by atoms with E-state index >= 15 is 0 Å². The monoisotopic (exact) mass is 173 g/mol. The molecule has 0 spiro atoms. The topological polar surface area (TPSA) is 46.2 Å². The van der Waals surface area contributed by atoms with E-state index in [9.17, 15) is 5.11 Å². The van der Waals surface area contributed by atoms with Crippen LogP contribution < -0.4 is 5.73 Å². The van der Waals surface area contributed by atoms with Gasteiger partial charge < -0.3 is 10.8 Å². The maximum Gasteiger partial charge on any atom is 0.116 e. The van der Waals surface area contributed by atoms with Crippen molar-refractivity contribution in [3.8, 4) is 5.75 Å². The van der Waals surface area contributed by atoms with Gasteiger partial charge in [0.1, 0.15) is 5.75 Å². The van der Waals surface area contributed by atoms with Crippen LogP contribution in [0, 0.1) is 6.92 Å². The molecule has 0 amide bonds. The second kappa shape index (κ2) is 2.66. The minimum absolute atomic E-state index is 0.289.